The summed E-state index contributed by atoms with van der Waals surface area (Å²) in [6.07, 6.45) is 2.84. The Hall–Kier alpha value is -2.68. The van der Waals surface area contributed by atoms with Crippen molar-refractivity contribution < 1.29 is 14.7 Å². The second-order valence-electron chi connectivity index (χ2n) is 3.94. The van der Waals surface area contributed by atoms with Crippen LogP contribution >= 0.6 is 0 Å². The van der Waals surface area contributed by atoms with E-state index in [2.05, 4.69) is 0 Å². The average molecular weight is 251 g/mol. The van der Waals surface area contributed by atoms with E-state index in [1.807, 2.05) is 6.07 Å². The number of carbonyl (C=O) groups excluding carboxylic acids is 2. The Morgan fingerprint density at radius 3 is 2.21 bits per heavy atom. The summed E-state index contributed by atoms with van der Waals surface area (Å²) in [6.45, 7) is 0. The maximum atomic E-state index is 11.8. The van der Waals surface area contributed by atoms with E-state index in [4.69, 9.17) is 0 Å². The second-order valence-corrected chi connectivity index (χ2v) is 3.94. The van der Waals surface area contributed by atoms with Crippen molar-refractivity contribution in [3.8, 4) is 0 Å². The van der Waals surface area contributed by atoms with Crippen LogP contribution in [0, 0.1) is 0 Å². The van der Waals surface area contributed by atoms with Crippen molar-refractivity contribution in [2.75, 3.05) is 0 Å². The number of allylic oxidation sites excluding steroid dienone is 1. The molecule has 0 aliphatic heterocycles. The van der Waals surface area contributed by atoms with Gasteiger partial charge in [-0.3, -0.25) is 4.79 Å². The number of carboxylic acid groups (broad SMARTS) is 1. The number of rotatable bonds is 4. The number of aromatic carboxylic acids is 1. The molecule has 19 heavy (non-hydrogen) atoms. The predicted octanol–water partition coefficient (Wildman–Crippen LogP) is 1.95. The summed E-state index contributed by atoms with van der Waals surface area (Å²) in [4.78, 5) is 22.8. The lowest BCUT2D eigenvalue weighted by Crippen LogP contribution is -2.23. The van der Waals surface area contributed by atoms with E-state index < -0.39 is 5.97 Å². The second kappa shape index (κ2) is 5.78. The van der Waals surface area contributed by atoms with Crippen molar-refractivity contribution >= 4 is 17.8 Å². The van der Waals surface area contributed by atoms with E-state index in [0.29, 0.717) is 11.1 Å². The number of hydrogen-bond donors (Lipinski definition) is 0. The van der Waals surface area contributed by atoms with E-state index in [9.17, 15) is 14.7 Å². The summed E-state index contributed by atoms with van der Waals surface area (Å²) in [5.74, 6) is -1.43. The zero-order valence-corrected chi connectivity index (χ0v) is 10.1. The Labute approximate surface area is 110 Å². The zero-order valence-electron chi connectivity index (χ0n) is 10.1. The number of carboxylic acids is 1. The lowest BCUT2D eigenvalue weighted by atomic mass is 10.1. The summed E-state index contributed by atoms with van der Waals surface area (Å²) < 4.78 is 0. The van der Waals surface area contributed by atoms with E-state index in [-0.39, 0.29) is 11.3 Å². The molecule has 0 spiro atoms. The molecule has 0 heterocycles. The van der Waals surface area contributed by atoms with Crippen LogP contribution < -0.4 is 5.11 Å². The van der Waals surface area contributed by atoms with Gasteiger partial charge in [-0.15, -0.1) is 0 Å². The highest BCUT2D eigenvalue weighted by molar-refractivity contribution is 6.07. The Kier molecular flexibility index (Phi) is 3.88. The van der Waals surface area contributed by atoms with Gasteiger partial charge in [0, 0.05) is 11.1 Å². The third-order valence-electron chi connectivity index (χ3n) is 2.65. The van der Waals surface area contributed by atoms with Gasteiger partial charge < -0.3 is 9.90 Å². The standard InChI is InChI=1S/C16H12O3/c17-15(13-7-2-1-3-8-13)11-10-12-6-4-5-9-14(12)16(18)19/h1-11H,(H,18,19)/p-1/b11-10+. The summed E-state index contributed by atoms with van der Waals surface area (Å²) in [7, 11) is 0. The molecule has 2 aromatic carbocycles. The molecule has 0 saturated carbocycles. The van der Waals surface area contributed by atoms with Crippen LogP contribution in [-0.4, -0.2) is 11.8 Å². The summed E-state index contributed by atoms with van der Waals surface area (Å²) in [5.41, 5.74) is 1.08. The molecule has 0 aliphatic carbocycles. The Morgan fingerprint density at radius 1 is 0.895 bits per heavy atom. The quantitative estimate of drug-likeness (QED) is 0.616. The third kappa shape index (κ3) is 3.16. The Balaban J connectivity index is 2.24. The fraction of sp³-hybridized carbons (Fsp3) is 0. The van der Waals surface area contributed by atoms with Crippen molar-refractivity contribution in [2.24, 2.45) is 0 Å². The van der Waals surface area contributed by atoms with Gasteiger partial charge in [0.2, 0.25) is 0 Å². The molecule has 0 atom stereocenters. The smallest absolute Gasteiger partial charge is 0.185 e. The van der Waals surface area contributed by atoms with Gasteiger partial charge in [-0.1, -0.05) is 60.7 Å². The molecule has 0 N–H and O–H groups in total. The van der Waals surface area contributed by atoms with Crippen LogP contribution in [0.1, 0.15) is 26.3 Å². The zero-order chi connectivity index (χ0) is 13.7. The van der Waals surface area contributed by atoms with Gasteiger partial charge in [-0.05, 0) is 11.6 Å². The first-order valence-electron chi connectivity index (χ1n) is 5.76. The third-order valence-corrected chi connectivity index (χ3v) is 2.65. The lowest BCUT2D eigenvalue weighted by molar-refractivity contribution is -0.255. The van der Waals surface area contributed by atoms with Crippen molar-refractivity contribution in [2.45, 2.75) is 0 Å². The number of hydrogen-bond acceptors (Lipinski definition) is 3. The van der Waals surface area contributed by atoms with Crippen LogP contribution in [0.4, 0.5) is 0 Å². The van der Waals surface area contributed by atoms with Gasteiger partial charge in [0.15, 0.2) is 5.78 Å². The fourth-order valence-corrected chi connectivity index (χ4v) is 1.69. The molecule has 0 unspecified atom stereocenters. The number of benzene rings is 2. The summed E-state index contributed by atoms with van der Waals surface area (Å²) in [6, 6.07) is 15.2. The van der Waals surface area contributed by atoms with Crippen molar-refractivity contribution in [1.29, 1.82) is 0 Å². The summed E-state index contributed by atoms with van der Waals surface area (Å²) >= 11 is 0. The van der Waals surface area contributed by atoms with Crippen LogP contribution in [0.5, 0.6) is 0 Å². The van der Waals surface area contributed by atoms with Gasteiger partial charge >= 0.3 is 0 Å². The van der Waals surface area contributed by atoms with Gasteiger partial charge in [0.05, 0.1) is 5.97 Å². The molecule has 94 valence electrons. The molecular formula is C16H11O3-. The average Bonchev–Trinajstić information content (AvgIpc) is 2.46. The molecule has 0 radical (unpaired) electrons. The molecule has 2 rings (SSSR count). The first-order chi connectivity index (χ1) is 9.18. The van der Waals surface area contributed by atoms with Gasteiger partial charge in [-0.25, -0.2) is 0 Å². The van der Waals surface area contributed by atoms with Crippen molar-refractivity contribution in [3.63, 3.8) is 0 Å². The fourth-order valence-electron chi connectivity index (χ4n) is 1.69. The number of ketones is 1. The molecule has 0 aliphatic rings. The molecule has 3 heteroatoms. The molecular weight excluding hydrogens is 240 g/mol. The van der Waals surface area contributed by atoms with E-state index in [1.54, 1.807) is 42.5 Å². The molecule has 0 bridgehead atoms. The SMILES string of the molecule is O=C(/C=C/c1ccccc1C(=O)[O-])c1ccccc1. The highest BCUT2D eigenvalue weighted by atomic mass is 16.4. The monoisotopic (exact) mass is 251 g/mol. The van der Waals surface area contributed by atoms with Crippen molar-refractivity contribution in [1.82, 2.24) is 0 Å². The largest absolute Gasteiger partial charge is 0.545 e. The molecule has 0 amide bonds. The highest BCUT2D eigenvalue weighted by Gasteiger charge is 2.02. The minimum Gasteiger partial charge on any atom is -0.545 e. The minimum absolute atomic E-state index is 0.0691. The highest BCUT2D eigenvalue weighted by Crippen LogP contribution is 2.11. The van der Waals surface area contributed by atoms with Crippen LogP contribution in [0.3, 0.4) is 0 Å². The summed E-state index contributed by atoms with van der Waals surface area (Å²) in [5, 5.41) is 10.9. The van der Waals surface area contributed by atoms with Crippen LogP contribution in [0.2, 0.25) is 0 Å². The maximum absolute atomic E-state index is 11.8. The first kappa shape index (κ1) is 12.8. The van der Waals surface area contributed by atoms with E-state index >= 15 is 0 Å². The van der Waals surface area contributed by atoms with Gasteiger partial charge in [0.1, 0.15) is 0 Å². The van der Waals surface area contributed by atoms with Gasteiger partial charge in [0.25, 0.3) is 0 Å². The molecule has 3 nitrogen and oxygen atoms in total. The molecule has 0 saturated heterocycles. The normalized spacial score (nSPS) is 10.5. The van der Waals surface area contributed by atoms with Crippen LogP contribution in [-0.2, 0) is 0 Å². The van der Waals surface area contributed by atoms with E-state index in [0.717, 1.165) is 0 Å². The van der Waals surface area contributed by atoms with E-state index in [1.165, 1.54) is 18.2 Å². The number of carbonyl (C=O) groups is 2. The van der Waals surface area contributed by atoms with Crippen LogP contribution in [0.15, 0.2) is 60.7 Å². The molecule has 0 aromatic heterocycles. The topological polar surface area (TPSA) is 57.2 Å². The minimum atomic E-state index is -1.26. The van der Waals surface area contributed by atoms with Crippen molar-refractivity contribution in [3.05, 3.63) is 77.4 Å². The molecule has 2 aromatic rings. The Morgan fingerprint density at radius 2 is 1.53 bits per heavy atom. The first-order valence-corrected chi connectivity index (χ1v) is 5.76. The predicted molar refractivity (Wildman–Crippen MR) is 70.6 cm³/mol. The lowest BCUT2D eigenvalue weighted by Gasteiger charge is -2.05. The molecule has 0 fully saturated rings. The Bertz CT molecular complexity index is 627. The van der Waals surface area contributed by atoms with Crippen LogP contribution in [0.25, 0.3) is 6.08 Å². The van der Waals surface area contributed by atoms with Gasteiger partial charge in [-0.2, -0.15) is 0 Å². The maximum Gasteiger partial charge on any atom is 0.185 e.